The lowest BCUT2D eigenvalue weighted by atomic mass is 10.1. The first-order valence-corrected chi connectivity index (χ1v) is 9.91. The number of halogens is 3. The molecule has 3 aromatic rings. The molecule has 0 aliphatic rings. The van der Waals surface area contributed by atoms with E-state index in [9.17, 15) is 18.3 Å². The van der Waals surface area contributed by atoms with Crippen LogP contribution < -0.4 is 4.72 Å². The summed E-state index contributed by atoms with van der Waals surface area (Å²) in [5.74, 6) is 0.149. The maximum atomic E-state index is 12.7. The molecule has 0 radical (unpaired) electrons. The summed E-state index contributed by atoms with van der Waals surface area (Å²) in [5.41, 5.74) is 0.645. The number of nitrogens with zero attached hydrogens (tertiary/aromatic N) is 2. The third-order valence-electron chi connectivity index (χ3n) is 3.62. The number of nitrogens with one attached hydrogen (secondary N) is 1. The minimum absolute atomic E-state index is 0.149. The van der Waals surface area contributed by atoms with Gasteiger partial charge in [-0.2, -0.15) is 13.2 Å². The predicted octanol–water partition coefficient (Wildman–Crippen LogP) is 5.64. The molecule has 2 aromatic carbocycles. The van der Waals surface area contributed by atoms with E-state index in [4.69, 9.17) is 0 Å². The third kappa shape index (κ3) is 4.98. The molecule has 0 saturated heterocycles. The Hall–Kier alpha value is -2.23. The summed E-state index contributed by atoms with van der Waals surface area (Å²) in [6.45, 7) is 2.68. The molecule has 0 amide bonds. The van der Waals surface area contributed by atoms with E-state index in [1.165, 1.54) is 42.0 Å². The molecule has 0 saturated carbocycles. The van der Waals surface area contributed by atoms with Crippen LogP contribution in [-0.4, -0.2) is 21.6 Å². The van der Waals surface area contributed by atoms with E-state index in [1.54, 1.807) is 24.4 Å². The van der Waals surface area contributed by atoms with Gasteiger partial charge in [-0.05, 0) is 54.4 Å². The zero-order valence-electron chi connectivity index (χ0n) is 14.7. The highest BCUT2D eigenvalue weighted by atomic mass is 32.2. The zero-order valence-corrected chi connectivity index (χ0v) is 16.3. The van der Waals surface area contributed by atoms with Crippen LogP contribution in [0.3, 0.4) is 0 Å². The first kappa shape index (κ1) is 20.5. The van der Waals surface area contributed by atoms with Crippen LogP contribution >= 0.6 is 23.7 Å². The minimum Gasteiger partial charge on any atom is -0.507 e. The molecule has 0 unspecified atom stereocenters. The zero-order chi connectivity index (χ0) is 20.1. The molecule has 0 bridgehead atoms. The molecule has 1 aromatic heterocycles. The van der Waals surface area contributed by atoms with Gasteiger partial charge in [0.25, 0.3) is 0 Å². The van der Waals surface area contributed by atoms with Crippen LogP contribution in [0.25, 0.3) is 11.3 Å². The lowest BCUT2D eigenvalue weighted by Crippen LogP contribution is -2.03. The number of benzene rings is 2. The van der Waals surface area contributed by atoms with Gasteiger partial charge >= 0.3 is 6.18 Å². The molecule has 146 valence electrons. The summed E-state index contributed by atoms with van der Waals surface area (Å²) in [6.07, 6.45) is -1.28. The van der Waals surface area contributed by atoms with Crippen LogP contribution in [0.15, 0.2) is 69.7 Å². The Bertz CT molecular complexity index is 950. The van der Waals surface area contributed by atoms with Gasteiger partial charge in [-0.3, -0.25) is 9.71 Å². The van der Waals surface area contributed by atoms with E-state index in [-0.39, 0.29) is 5.75 Å². The molecule has 4 nitrogen and oxygen atoms in total. The van der Waals surface area contributed by atoms with Crippen LogP contribution in [0.4, 0.5) is 13.2 Å². The Morgan fingerprint density at radius 3 is 2.43 bits per heavy atom. The number of hydrogen-bond acceptors (Lipinski definition) is 6. The van der Waals surface area contributed by atoms with Crippen molar-refractivity contribution in [3.8, 4) is 17.0 Å². The number of aromatic hydroxyl groups is 1. The number of aromatic nitrogens is 2. The first-order valence-electron chi connectivity index (χ1n) is 8.27. The van der Waals surface area contributed by atoms with Crippen molar-refractivity contribution in [3.63, 3.8) is 0 Å². The number of hydrogen-bond donors (Lipinski definition) is 2. The first-order chi connectivity index (χ1) is 13.4. The van der Waals surface area contributed by atoms with E-state index in [2.05, 4.69) is 14.7 Å². The second kappa shape index (κ2) is 8.85. The van der Waals surface area contributed by atoms with E-state index in [1.807, 2.05) is 6.92 Å². The van der Waals surface area contributed by atoms with E-state index in [0.29, 0.717) is 20.5 Å². The lowest BCUT2D eigenvalue weighted by molar-refractivity contribution is -0.137. The molecular weight excluding hydrogens is 407 g/mol. The number of rotatable bonds is 6. The van der Waals surface area contributed by atoms with E-state index < -0.39 is 11.7 Å². The molecule has 0 atom stereocenters. The maximum Gasteiger partial charge on any atom is 0.416 e. The van der Waals surface area contributed by atoms with Crippen molar-refractivity contribution in [1.82, 2.24) is 14.7 Å². The standard InChI is InChI=1S/C19H16F3N3OS2/c1-2-25-28-16-11-12(3-8-15(16)26)17-18(24-10-9-23-17)27-14-6-4-13(5-7-14)19(20,21)22/h3-11,25-26H,2H2,1H3. The molecule has 2 N–H and O–H groups in total. The van der Waals surface area contributed by atoms with Gasteiger partial charge in [0.2, 0.25) is 0 Å². The number of phenols is 1. The normalized spacial score (nSPS) is 11.6. The van der Waals surface area contributed by atoms with Crippen LogP contribution in [0, 0.1) is 0 Å². The SMILES string of the molecule is CCNSc1cc(-c2nccnc2Sc2ccc(C(F)(F)F)cc2)ccc1O. The summed E-state index contributed by atoms with van der Waals surface area (Å²) < 4.78 is 41.3. The second-order valence-corrected chi connectivity index (χ2v) is 7.61. The topological polar surface area (TPSA) is 58.0 Å². The van der Waals surface area contributed by atoms with Crippen LogP contribution in [-0.2, 0) is 6.18 Å². The fraction of sp³-hybridized carbons (Fsp3) is 0.158. The van der Waals surface area contributed by atoms with E-state index >= 15 is 0 Å². The predicted molar refractivity (Wildman–Crippen MR) is 104 cm³/mol. The highest BCUT2D eigenvalue weighted by molar-refractivity contribution is 7.99. The quantitative estimate of drug-likeness (QED) is 0.501. The largest absolute Gasteiger partial charge is 0.507 e. The average molecular weight is 423 g/mol. The summed E-state index contributed by atoms with van der Waals surface area (Å²) in [4.78, 5) is 9.98. The summed E-state index contributed by atoms with van der Waals surface area (Å²) in [5, 5.41) is 10.6. The Kier molecular flexibility index (Phi) is 6.48. The van der Waals surface area contributed by atoms with Crippen molar-refractivity contribution in [1.29, 1.82) is 0 Å². The van der Waals surface area contributed by atoms with Crippen molar-refractivity contribution in [2.24, 2.45) is 0 Å². The van der Waals surface area contributed by atoms with Gasteiger partial charge in [-0.1, -0.05) is 18.7 Å². The fourth-order valence-corrected chi connectivity index (χ4v) is 3.85. The molecule has 0 spiro atoms. The van der Waals surface area contributed by atoms with Gasteiger partial charge in [-0.25, -0.2) is 4.98 Å². The van der Waals surface area contributed by atoms with Gasteiger partial charge in [0.1, 0.15) is 16.5 Å². The highest BCUT2D eigenvalue weighted by Gasteiger charge is 2.30. The molecular formula is C19H16F3N3OS2. The molecule has 0 aliphatic carbocycles. The summed E-state index contributed by atoms with van der Waals surface area (Å²) in [7, 11) is 0. The minimum atomic E-state index is -4.37. The summed E-state index contributed by atoms with van der Waals surface area (Å²) in [6, 6.07) is 10.0. The van der Waals surface area contributed by atoms with Gasteiger partial charge in [-0.15, -0.1) is 0 Å². The van der Waals surface area contributed by atoms with Crippen LogP contribution in [0.2, 0.25) is 0 Å². The Morgan fingerprint density at radius 1 is 1.04 bits per heavy atom. The molecule has 28 heavy (non-hydrogen) atoms. The van der Waals surface area contributed by atoms with Gasteiger partial charge in [0, 0.05) is 29.4 Å². The van der Waals surface area contributed by atoms with Gasteiger partial charge in [0.15, 0.2) is 0 Å². The van der Waals surface area contributed by atoms with Crippen LogP contribution in [0.5, 0.6) is 5.75 Å². The Morgan fingerprint density at radius 2 is 1.75 bits per heavy atom. The average Bonchev–Trinajstić information content (AvgIpc) is 2.68. The van der Waals surface area contributed by atoms with Crippen molar-refractivity contribution >= 4 is 23.7 Å². The Balaban J connectivity index is 1.90. The third-order valence-corrected chi connectivity index (χ3v) is 5.60. The highest BCUT2D eigenvalue weighted by Crippen LogP contribution is 2.37. The molecule has 1 heterocycles. The summed E-state index contributed by atoms with van der Waals surface area (Å²) >= 11 is 2.54. The van der Waals surface area contributed by atoms with Crippen molar-refractivity contribution in [2.75, 3.05) is 6.54 Å². The Labute approximate surface area is 168 Å². The van der Waals surface area contributed by atoms with Crippen molar-refractivity contribution in [2.45, 2.75) is 27.9 Å². The van der Waals surface area contributed by atoms with Crippen molar-refractivity contribution < 1.29 is 18.3 Å². The molecule has 9 heteroatoms. The van der Waals surface area contributed by atoms with E-state index in [0.717, 1.165) is 24.2 Å². The smallest absolute Gasteiger partial charge is 0.416 e. The van der Waals surface area contributed by atoms with Gasteiger partial charge in [0.05, 0.1) is 10.5 Å². The maximum absolute atomic E-state index is 12.7. The van der Waals surface area contributed by atoms with Gasteiger partial charge < -0.3 is 5.11 Å². The monoisotopic (exact) mass is 423 g/mol. The number of alkyl halides is 3. The fourth-order valence-electron chi connectivity index (χ4n) is 2.31. The molecule has 0 aliphatic heterocycles. The molecule has 3 rings (SSSR count). The lowest BCUT2D eigenvalue weighted by Gasteiger charge is -2.11. The van der Waals surface area contributed by atoms with Crippen molar-refractivity contribution in [3.05, 3.63) is 60.4 Å². The van der Waals surface area contributed by atoms with Crippen LogP contribution in [0.1, 0.15) is 12.5 Å². The number of phenolic OH excluding ortho intramolecular Hbond substituents is 1. The second-order valence-electron chi connectivity index (χ2n) is 5.62. The molecule has 0 fully saturated rings.